The van der Waals surface area contributed by atoms with Crippen LogP contribution < -0.4 is 10.2 Å². The van der Waals surface area contributed by atoms with Crippen molar-refractivity contribution in [3.63, 3.8) is 0 Å². The van der Waals surface area contributed by atoms with Crippen molar-refractivity contribution in [3.05, 3.63) is 43.0 Å². The summed E-state index contributed by atoms with van der Waals surface area (Å²) in [5.41, 5.74) is 1.99. The van der Waals surface area contributed by atoms with Crippen molar-refractivity contribution < 1.29 is 0 Å². The highest BCUT2D eigenvalue weighted by Gasteiger charge is 2.04. The molecule has 0 aliphatic carbocycles. The molecule has 6 heteroatoms. The maximum absolute atomic E-state index is 10.9. The summed E-state index contributed by atoms with van der Waals surface area (Å²) in [6.45, 7) is 2.57. The SMILES string of the molecule is Cc1ccnc(NCc2csc(=O)[nH]2)c1Br. The van der Waals surface area contributed by atoms with Crippen molar-refractivity contribution >= 4 is 33.1 Å². The maximum Gasteiger partial charge on any atom is 0.304 e. The molecule has 0 aliphatic rings. The number of aromatic nitrogens is 2. The fourth-order valence-electron chi connectivity index (χ4n) is 1.24. The van der Waals surface area contributed by atoms with Crippen molar-refractivity contribution in [2.24, 2.45) is 0 Å². The van der Waals surface area contributed by atoms with Crippen LogP contribution in [0, 0.1) is 6.92 Å². The third-order valence-electron chi connectivity index (χ3n) is 2.10. The summed E-state index contributed by atoms with van der Waals surface area (Å²) in [6, 6.07) is 1.93. The lowest BCUT2D eigenvalue weighted by Crippen LogP contribution is -2.04. The highest BCUT2D eigenvalue weighted by atomic mass is 79.9. The Hall–Kier alpha value is -1.14. The number of nitrogens with one attached hydrogen (secondary N) is 2. The third kappa shape index (κ3) is 2.51. The maximum atomic E-state index is 10.9. The Bertz CT molecular complexity index is 549. The lowest BCUT2D eigenvalue weighted by atomic mass is 10.3. The average Bonchev–Trinajstić information content (AvgIpc) is 2.67. The van der Waals surface area contributed by atoms with E-state index in [4.69, 9.17) is 0 Å². The second-order valence-corrected chi connectivity index (χ2v) is 4.95. The van der Waals surface area contributed by atoms with Crippen molar-refractivity contribution in [3.8, 4) is 0 Å². The van der Waals surface area contributed by atoms with Crippen molar-refractivity contribution in [2.45, 2.75) is 13.5 Å². The topological polar surface area (TPSA) is 57.8 Å². The van der Waals surface area contributed by atoms with Crippen molar-refractivity contribution in [1.29, 1.82) is 0 Å². The highest BCUT2D eigenvalue weighted by molar-refractivity contribution is 9.10. The van der Waals surface area contributed by atoms with Gasteiger partial charge in [-0.05, 0) is 34.5 Å². The Labute approximate surface area is 105 Å². The van der Waals surface area contributed by atoms with E-state index in [9.17, 15) is 4.79 Å². The van der Waals surface area contributed by atoms with E-state index in [1.54, 1.807) is 11.6 Å². The van der Waals surface area contributed by atoms with Crippen LogP contribution >= 0.6 is 27.3 Å². The van der Waals surface area contributed by atoms with Gasteiger partial charge in [0.15, 0.2) is 0 Å². The number of hydrogen-bond donors (Lipinski definition) is 2. The first-order valence-corrected chi connectivity index (χ1v) is 6.36. The van der Waals surface area contributed by atoms with E-state index in [1.165, 1.54) is 0 Å². The monoisotopic (exact) mass is 299 g/mol. The largest absolute Gasteiger partial charge is 0.364 e. The first kappa shape index (κ1) is 11.3. The summed E-state index contributed by atoms with van der Waals surface area (Å²) in [7, 11) is 0. The number of aryl methyl sites for hydroxylation is 1. The molecule has 4 nitrogen and oxygen atoms in total. The quantitative estimate of drug-likeness (QED) is 0.915. The average molecular weight is 300 g/mol. The lowest BCUT2D eigenvalue weighted by molar-refractivity contribution is 1.03. The Morgan fingerprint density at radius 3 is 3.12 bits per heavy atom. The molecule has 0 saturated carbocycles. The van der Waals surface area contributed by atoms with Crippen LogP contribution in [0.25, 0.3) is 0 Å². The van der Waals surface area contributed by atoms with E-state index in [-0.39, 0.29) is 4.87 Å². The molecule has 0 atom stereocenters. The molecule has 0 amide bonds. The van der Waals surface area contributed by atoms with E-state index < -0.39 is 0 Å². The Morgan fingerprint density at radius 1 is 1.62 bits per heavy atom. The molecule has 0 spiro atoms. The van der Waals surface area contributed by atoms with Gasteiger partial charge in [-0.25, -0.2) is 4.98 Å². The smallest absolute Gasteiger partial charge is 0.304 e. The molecule has 0 saturated heterocycles. The number of hydrogen-bond acceptors (Lipinski definition) is 4. The molecular formula is C10H10BrN3OS. The number of thiazole rings is 1. The first-order chi connectivity index (χ1) is 7.66. The van der Waals surface area contributed by atoms with Gasteiger partial charge in [0.25, 0.3) is 0 Å². The highest BCUT2D eigenvalue weighted by Crippen LogP contribution is 2.23. The number of halogens is 1. The van der Waals surface area contributed by atoms with Crippen LogP contribution in [0.4, 0.5) is 5.82 Å². The molecule has 0 aromatic carbocycles. The van der Waals surface area contributed by atoms with Crippen LogP contribution in [0.1, 0.15) is 11.3 Å². The van der Waals surface area contributed by atoms with E-state index >= 15 is 0 Å². The number of aromatic amines is 1. The van der Waals surface area contributed by atoms with E-state index in [1.807, 2.05) is 13.0 Å². The number of rotatable bonds is 3. The van der Waals surface area contributed by atoms with Crippen LogP contribution in [-0.4, -0.2) is 9.97 Å². The van der Waals surface area contributed by atoms with Gasteiger partial charge in [-0.15, -0.1) is 0 Å². The Kier molecular flexibility index (Phi) is 3.40. The van der Waals surface area contributed by atoms with Gasteiger partial charge in [0.2, 0.25) is 0 Å². The molecule has 0 fully saturated rings. The molecule has 0 aliphatic heterocycles. The molecule has 84 valence electrons. The minimum atomic E-state index is -0.0342. The van der Waals surface area contributed by atoms with E-state index in [0.717, 1.165) is 32.9 Å². The van der Waals surface area contributed by atoms with Gasteiger partial charge in [-0.1, -0.05) is 11.3 Å². The molecule has 2 aromatic heterocycles. The van der Waals surface area contributed by atoms with Gasteiger partial charge in [0, 0.05) is 17.3 Å². The van der Waals surface area contributed by atoms with E-state index in [2.05, 4.69) is 31.2 Å². The fourth-order valence-corrected chi connectivity index (χ4v) is 2.20. The number of H-pyrrole nitrogens is 1. The zero-order valence-electron chi connectivity index (χ0n) is 8.58. The third-order valence-corrected chi connectivity index (χ3v) is 3.82. The molecular weight excluding hydrogens is 290 g/mol. The lowest BCUT2D eigenvalue weighted by Gasteiger charge is -2.07. The van der Waals surface area contributed by atoms with Gasteiger partial charge >= 0.3 is 4.87 Å². The molecule has 0 unspecified atom stereocenters. The van der Waals surface area contributed by atoms with Crippen LogP contribution in [0.2, 0.25) is 0 Å². The summed E-state index contributed by atoms with van der Waals surface area (Å²) in [4.78, 5) is 17.9. The van der Waals surface area contributed by atoms with Crippen molar-refractivity contribution in [2.75, 3.05) is 5.32 Å². The van der Waals surface area contributed by atoms with Crippen LogP contribution in [0.15, 0.2) is 26.9 Å². The minimum Gasteiger partial charge on any atom is -0.364 e. The van der Waals surface area contributed by atoms with Crippen LogP contribution in [0.3, 0.4) is 0 Å². The van der Waals surface area contributed by atoms with Crippen molar-refractivity contribution in [1.82, 2.24) is 9.97 Å². The molecule has 0 bridgehead atoms. The molecule has 2 heterocycles. The first-order valence-electron chi connectivity index (χ1n) is 4.68. The van der Waals surface area contributed by atoms with Gasteiger partial charge in [-0.3, -0.25) is 4.79 Å². The van der Waals surface area contributed by atoms with Gasteiger partial charge in [0.1, 0.15) is 5.82 Å². The summed E-state index contributed by atoms with van der Waals surface area (Å²) in [6.07, 6.45) is 1.75. The number of nitrogens with zero attached hydrogens (tertiary/aromatic N) is 1. The molecule has 16 heavy (non-hydrogen) atoms. The normalized spacial score (nSPS) is 10.4. The van der Waals surface area contributed by atoms with E-state index in [0.29, 0.717) is 6.54 Å². The van der Waals surface area contributed by atoms with Gasteiger partial charge in [-0.2, -0.15) is 0 Å². The predicted molar refractivity (Wildman–Crippen MR) is 68.9 cm³/mol. The number of anilines is 1. The van der Waals surface area contributed by atoms with Crippen LogP contribution in [0.5, 0.6) is 0 Å². The molecule has 0 radical (unpaired) electrons. The summed E-state index contributed by atoms with van der Waals surface area (Å²) < 4.78 is 0.951. The van der Waals surface area contributed by atoms with Gasteiger partial charge < -0.3 is 10.3 Å². The second-order valence-electron chi connectivity index (χ2n) is 3.32. The molecule has 2 aromatic rings. The predicted octanol–water partition coefficient (Wildman–Crippen LogP) is 2.51. The standard InChI is InChI=1S/C10H10BrN3OS/c1-6-2-3-12-9(8(6)11)13-4-7-5-16-10(15)14-7/h2-3,5H,4H2,1H3,(H,12,13)(H,14,15). The van der Waals surface area contributed by atoms with Crippen LogP contribution in [-0.2, 0) is 6.54 Å². The summed E-state index contributed by atoms with van der Waals surface area (Å²) in [5.74, 6) is 0.784. The second kappa shape index (κ2) is 4.80. The summed E-state index contributed by atoms with van der Waals surface area (Å²) in [5, 5.41) is 4.97. The van der Waals surface area contributed by atoms with Gasteiger partial charge in [0.05, 0.1) is 11.0 Å². The fraction of sp³-hybridized carbons (Fsp3) is 0.200. The number of pyridine rings is 1. The zero-order valence-corrected chi connectivity index (χ0v) is 11.0. The molecule has 2 N–H and O–H groups in total. The molecule has 2 rings (SSSR count). The summed E-state index contributed by atoms with van der Waals surface area (Å²) >= 11 is 4.63. The minimum absolute atomic E-state index is 0.0342. The Morgan fingerprint density at radius 2 is 2.44 bits per heavy atom. The zero-order chi connectivity index (χ0) is 11.5. The Balaban J connectivity index is 2.10.